The van der Waals surface area contributed by atoms with Gasteiger partial charge in [-0.1, -0.05) is 24.3 Å². The number of rotatable bonds is 4. The molecule has 1 fully saturated rings. The second-order valence-corrected chi connectivity index (χ2v) is 9.19. The van der Waals surface area contributed by atoms with Crippen LogP contribution >= 0.6 is 0 Å². The summed E-state index contributed by atoms with van der Waals surface area (Å²) < 4.78 is 11.1. The van der Waals surface area contributed by atoms with Crippen molar-refractivity contribution < 1.29 is 24.2 Å². The van der Waals surface area contributed by atoms with Crippen molar-refractivity contribution in [3.63, 3.8) is 0 Å². The Morgan fingerprint density at radius 1 is 1.03 bits per heavy atom. The fraction of sp³-hybridized carbons (Fsp3) is 0.241. The van der Waals surface area contributed by atoms with Crippen LogP contribution in [0.2, 0.25) is 0 Å². The summed E-state index contributed by atoms with van der Waals surface area (Å²) in [4.78, 5) is 30.5. The molecule has 0 bridgehead atoms. The van der Waals surface area contributed by atoms with Crippen LogP contribution in [0.25, 0.3) is 5.76 Å². The molecule has 184 valence electrons. The Morgan fingerprint density at radius 3 is 2.61 bits per heavy atom. The van der Waals surface area contributed by atoms with E-state index in [0.29, 0.717) is 41.5 Å². The number of aliphatic hydroxyl groups excluding tert-OH is 1. The lowest BCUT2D eigenvalue weighted by Gasteiger charge is -2.29. The zero-order valence-corrected chi connectivity index (χ0v) is 20.7. The maximum atomic E-state index is 13.5. The molecule has 2 aliphatic rings. The number of hydrogen-bond acceptors (Lipinski definition) is 6. The lowest BCUT2D eigenvalue weighted by molar-refractivity contribution is -0.132. The smallest absolute Gasteiger partial charge is 0.300 e. The number of benzene rings is 3. The van der Waals surface area contributed by atoms with Gasteiger partial charge in [-0.05, 0) is 66.9 Å². The molecule has 36 heavy (non-hydrogen) atoms. The van der Waals surface area contributed by atoms with Crippen LogP contribution in [0.3, 0.4) is 0 Å². The van der Waals surface area contributed by atoms with Crippen LogP contribution in [0.4, 0.5) is 11.4 Å². The number of methoxy groups -OCH3 is 1. The van der Waals surface area contributed by atoms with E-state index in [1.165, 1.54) is 4.90 Å². The molecule has 1 saturated heterocycles. The Morgan fingerprint density at radius 2 is 1.83 bits per heavy atom. The van der Waals surface area contributed by atoms with Crippen molar-refractivity contribution in [3.05, 3.63) is 88.5 Å². The summed E-state index contributed by atoms with van der Waals surface area (Å²) in [7, 11) is 3.51. The fourth-order valence-corrected chi connectivity index (χ4v) is 4.84. The minimum atomic E-state index is -0.828. The maximum absolute atomic E-state index is 13.5. The first kappa shape index (κ1) is 23.5. The zero-order valence-electron chi connectivity index (χ0n) is 20.7. The first-order chi connectivity index (χ1) is 17.3. The van der Waals surface area contributed by atoms with Crippen LogP contribution in [-0.4, -0.2) is 44.1 Å². The summed E-state index contributed by atoms with van der Waals surface area (Å²) in [6.07, 6.45) is 0. The lowest BCUT2D eigenvalue weighted by Crippen LogP contribution is -2.30. The summed E-state index contributed by atoms with van der Waals surface area (Å²) in [5.41, 5.74) is 4.39. The third-order valence-corrected chi connectivity index (χ3v) is 6.81. The molecule has 1 atom stereocenters. The molecule has 1 N–H and O–H groups in total. The van der Waals surface area contributed by atoms with E-state index < -0.39 is 17.7 Å². The van der Waals surface area contributed by atoms with Crippen molar-refractivity contribution in [1.29, 1.82) is 0 Å². The predicted octanol–water partition coefficient (Wildman–Crippen LogP) is 4.77. The van der Waals surface area contributed by atoms with Crippen LogP contribution in [0.5, 0.6) is 11.5 Å². The van der Waals surface area contributed by atoms with Gasteiger partial charge in [0.25, 0.3) is 11.7 Å². The number of amides is 1. The number of aliphatic hydroxyl groups is 1. The number of fused-ring (bicyclic) bond motifs is 1. The van der Waals surface area contributed by atoms with E-state index in [4.69, 9.17) is 9.47 Å². The molecule has 5 rings (SSSR count). The standard InChI is InChI=1S/C29H28N2O5/c1-17-8-9-18(2)22(14-17)31-26(19-6-5-7-21(15-19)35-4)25(28(33)29(31)34)27(32)20-10-11-24-23(16-20)30(3)12-13-36-24/h5-11,14-16,26,32H,12-13H2,1-4H3/b27-25-. The number of anilines is 2. The highest BCUT2D eigenvalue weighted by molar-refractivity contribution is 6.51. The molecule has 0 saturated carbocycles. The van der Waals surface area contributed by atoms with E-state index in [-0.39, 0.29) is 11.3 Å². The third kappa shape index (κ3) is 3.86. The highest BCUT2D eigenvalue weighted by Crippen LogP contribution is 2.44. The molecule has 2 aliphatic heterocycles. The zero-order chi connectivity index (χ0) is 25.6. The molecule has 0 radical (unpaired) electrons. The van der Waals surface area contributed by atoms with E-state index in [2.05, 4.69) is 0 Å². The number of Topliss-reactive ketones (excluding diaryl/α,β-unsaturated/α-hetero) is 1. The Bertz CT molecular complexity index is 1410. The van der Waals surface area contributed by atoms with E-state index >= 15 is 0 Å². The van der Waals surface area contributed by atoms with Crippen LogP contribution in [0.15, 0.2) is 66.2 Å². The van der Waals surface area contributed by atoms with Crippen LogP contribution in [0.1, 0.15) is 28.3 Å². The van der Waals surface area contributed by atoms with Crippen molar-refractivity contribution in [3.8, 4) is 11.5 Å². The van der Waals surface area contributed by atoms with Crippen LogP contribution in [0, 0.1) is 13.8 Å². The Labute approximate surface area is 210 Å². The molecule has 1 unspecified atom stereocenters. The highest BCUT2D eigenvalue weighted by atomic mass is 16.5. The number of carbonyl (C=O) groups excluding carboxylic acids is 2. The third-order valence-electron chi connectivity index (χ3n) is 6.81. The molecule has 3 aromatic rings. The van der Waals surface area contributed by atoms with E-state index in [9.17, 15) is 14.7 Å². The molecule has 3 aromatic carbocycles. The molecule has 2 heterocycles. The monoisotopic (exact) mass is 484 g/mol. The largest absolute Gasteiger partial charge is 0.507 e. The minimum Gasteiger partial charge on any atom is -0.507 e. The average Bonchev–Trinajstić information content (AvgIpc) is 3.15. The van der Waals surface area contributed by atoms with Gasteiger partial charge in [-0.25, -0.2) is 0 Å². The summed E-state index contributed by atoms with van der Waals surface area (Å²) >= 11 is 0. The molecule has 0 spiro atoms. The molecule has 7 heteroatoms. The molecule has 0 aromatic heterocycles. The second-order valence-electron chi connectivity index (χ2n) is 9.19. The van der Waals surface area contributed by atoms with Gasteiger partial charge in [0.05, 0.1) is 31.0 Å². The second kappa shape index (κ2) is 9.07. The first-order valence-corrected chi connectivity index (χ1v) is 11.8. The van der Waals surface area contributed by atoms with Gasteiger partial charge >= 0.3 is 0 Å². The number of ketones is 1. The van der Waals surface area contributed by atoms with E-state index in [0.717, 1.165) is 16.8 Å². The summed E-state index contributed by atoms with van der Waals surface area (Å²) in [6.45, 7) is 5.12. The number of carbonyl (C=O) groups is 2. The van der Waals surface area contributed by atoms with Gasteiger partial charge in [-0.15, -0.1) is 0 Å². The SMILES string of the molecule is COc1cccc(C2/C(=C(/O)c3ccc4c(c3)N(C)CCO4)C(=O)C(=O)N2c2cc(C)ccc2C)c1. The molecular formula is C29H28N2O5. The average molecular weight is 485 g/mol. The van der Waals surface area contributed by atoms with Gasteiger partial charge in [0.15, 0.2) is 0 Å². The summed E-state index contributed by atoms with van der Waals surface area (Å²) in [5.74, 6) is -0.345. The first-order valence-electron chi connectivity index (χ1n) is 11.8. The maximum Gasteiger partial charge on any atom is 0.300 e. The topological polar surface area (TPSA) is 79.3 Å². The Hall–Kier alpha value is -4.26. The number of aryl methyl sites for hydroxylation is 2. The van der Waals surface area contributed by atoms with Crippen molar-refractivity contribution in [2.75, 3.05) is 37.1 Å². The molecule has 1 amide bonds. The summed E-state index contributed by atoms with van der Waals surface area (Å²) in [6, 6.07) is 17.4. The molecule has 7 nitrogen and oxygen atoms in total. The van der Waals surface area contributed by atoms with Gasteiger partial charge in [0.2, 0.25) is 0 Å². The van der Waals surface area contributed by atoms with Gasteiger partial charge in [0, 0.05) is 18.3 Å². The normalized spacial score (nSPS) is 18.7. The molecule has 0 aliphatic carbocycles. The summed E-state index contributed by atoms with van der Waals surface area (Å²) in [5, 5.41) is 11.5. The number of nitrogens with zero attached hydrogens (tertiary/aromatic N) is 2. The predicted molar refractivity (Wildman–Crippen MR) is 139 cm³/mol. The van der Waals surface area contributed by atoms with Gasteiger partial charge < -0.3 is 19.5 Å². The van der Waals surface area contributed by atoms with Gasteiger partial charge in [0.1, 0.15) is 23.9 Å². The van der Waals surface area contributed by atoms with Crippen molar-refractivity contribution in [1.82, 2.24) is 0 Å². The van der Waals surface area contributed by atoms with Crippen LogP contribution < -0.4 is 19.3 Å². The van der Waals surface area contributed by atoms with Gasteiger partial charge in [-0.2, -0.15) is 0 Å². The van der Waals surface area contributed by atoms with Crippen molar-refractivity contribution in [2.45, 2.75) is 19.9 Å². The van der Waals surface area contributed by atoms with E-state index in [1.54, 1.807) is 37.4 Å². The minimum absolute atomic E-state index is 0.0356. The van der Waals surface area contributed by atoms with Gasteiger partial charge in [-0.3, -0.25) is 14.5 Å². The highest BCUT2D eigenvalue weighted by Gasteiger charge is 2.47. The Kier molecular flexibility index (Phi) is 5.92. The van der Waals surface area contributed by atoms with Crippen LogP contribution in [-0.2, 0) is 9.59 Å². The fourth-order valence-electron chi connectivity index (χ4n) is 4.84. The number of ether oxygens (including phenoxy) is 2. The van der Waals surface area contributed by atoms with Crippen molar-refractivity contribution >= 4 is 28.8 Å². The van der Waals surface area contributed by atoms with E-state index in [1.807, 2.05) is 56.1 Å². The quantitative estimate of drug-likeness (QED) is 0.327. The lowest BCUT2D eigenvalue weighted by atomic mass is 9.94. The van der Waals surface area contributed by atoms with Crippen molar-refractivity contribution in [2.24, 2.45) is 0 Å². The Balaban J connectivity index is 1.73. The number of likely N-dealkylation sites (N-methyl/N-ethyl adjacent to an activating group) is 1. The number of hydrogen-bond donors (Lipinski definition) is 1. The molecular weight excluding hydrogens is 456 g/mol.